The summed E-state index contributed by atoms with van der Waals surface area (Å²) in [7, 11) is 0. The lowest BCUT2D eigenvalue weighted by Gasteiger charge is -2.18. The first kappa shape index (κ1) is 25.6. The maximum Gasteiger partial charge on any atom is 0.333 e. The molecule has 0 aromatic carbocycles. The van der Waals surface area contributed by atoms with Crippen LogP contribution in [0, 0.1) is 0 Å². The zero-order valence-electron chi connectivity index (χ0n) is 17.5. The number of unbranched alkanes of at least 4 members (excludes halogenated alkanes) is 3. The van der Waals surface area contributed by atoms with Crippen LogP contribution >= 0.6 is 0 Å². The minimum atomic E-state index is -0.414. The smallest absolute Gasteiger partial charge is 0.333 e. The fourth-order valence-electron chi connectivity index (χ4n) is 2.23. The first-order valence-corrected chi connectivity index (χ1v) is 9.66. The largest absolute Gasteiger partial charge is 0.462 e. The van der Waals surface area contributed by atoms with Crippen molar-refractivity contribution < 1.29 is 28.6 Å². The van der Waals surface area contributed by atoms with E-state index in [1.807, 2.05) is 0 Å². The predicted octanol–water partition coefficient (Wildman–Crippen LogP) is 4.44. The average molecular weight is 395 g/mol. The Labute approximate surface area is 168 Å². The van der Waals surface area contributed by atoms with Crippen LogP contribution in [0.4, 0.5) is 0 Å². The van der Waals surface area contributed by atoms with E-state index in [2.05, 4.69) is 19.7 Å². The third kappa shape index (κ3) is 12.9. The van der Waals surface area contributed by atoms with Crippen molar-refractivity contribution in [2.45, 2.75) is 71.8 Å². The number of carbonyl (C=O) groups excluding carboxylic acids is 3. The van der Waals surface area contributed by atoms with Gasteiger partial charge in [0.2, 0.25) is 0 Å². The van der Waals surface area contributed by atoms with Gasteiger partial charge >= 0.3 is 17.9 Å². The van der Waals surface area contributed by atoms with Gasteiger partial charge in [-0.05, 0) is 52.9 Å². The third-order valence-corrected chi connectivity index (χ3v) is 3.88. The zero-order chi connectivity index (χ0) is 21.5. The summed E-state index contributed by atoms with van der Waals surface area (Å²) < 4.78 is 15.6. The summed E-state index contributed by atoms with van der Waals surface area (Å²) >= 11 is 0. The van der Waals surface area contributed by atoms with Crippen LogP contribution in [0.3, 0.4) is 0 Å². The molecule has 0 radical (unpaired) electrons. The lowest BCUT2D eigenvalue weighted by atomic mass is 10.1. The summed E-state index contributed by atoms with van der Waals surface area (Å²) in [5.41, 5.74) is 1.12. The Morgan fingerprint density at radius 3 is 1.57 bits per heavy atom. The molecule has 1 unspecified atom stereocenters. The van der Waals surface area contributed by atoms with Crippen LogP contribution in [0.15, 0.2) is 36.5 Å². The summed E-state index contributed by atoms with van der Waals surface area (Å²) in [5.74, 6) is -1.18. The minimum absolute atomic E-state index is 0.242. The molecule has 0 fully saturated rings. The van der Waals surface area contributed by atoms with Crippen LogP contribution in [-0.4, -0.2) is 37.2 Å². The first-order valence-electron chi connectivity index (χ1n) is 9.66. The number of ether oxygens (including phenoxy) is 3. The molecule has 0 aromatic heterocycles. The van der Waals surface area contributed by atoms with Crippen molar-refractivity contribution in [2.24, 2.45) is 0 Å². The lowest BCUT2D eigenvalue weighted by molar-refractivity contribution is -0.146. The van der Waals surface area contributed by atoms with E-state index < -0.39 is 11.9 Å². The van der Waals surface area contributed by atoms with E-state index in [0.717, 1.165) is 32.1 Å². The second-order valence-electron chi connectivity index (χ2n) is 6.99. The van der Waals surface area contributed by atoms with Gasteiger partial charge in [-0.2, -0.15) is 0 Å². The third-order valence-electron chi connectivity index (χ3n) is 3.88. The number of esters is 3. The van der Waals surface area contributed by atoms with Gasteiger partial charge in [-0.3, -0.25) is 0 Å². The van der Waals surface area contributed by atoms with Crippen LogP contribution in [0.25, 0.3) is 0 Å². The van der Waals surface area contributed by atoms with E-state index in [1.165, 1.54) is 0 Å². The first-order chi connectivity index (χ1) is 13.1. The van der Waals surface area contributed by atoms with E-state index in [4.69, 9.17) is 14.2 Å². The van der Waals surface area contributed by atoms with Gasteiger partial charge < -0.3 is 14.2 Å². The van der Waals surface area contributed by atoms with Crippen molar-refractivity contribution in [2.75, 3.05) is 13.2 Å². The van der Waals surface area contributed by atoms with Crippen molar-refractivity contribution in [3.05, 3.63) is 36.5 Å². The quantitative estimate of drug-likeness (QED) is 0.177. The summed E-state index contributed by atoms with van der Waals surface area (Å²) in [5, 5.41) is 0. The number of carbonyl (C=O) groups is 3. The van der Waals surface area contributed by atoms with Gasteiger partial charge in [-0.25, -0.2) is 14.4 Å². The van der Waals surface area contributed by atoms with Crippen molar-refractivity contribution in [1.82, 2.24) is 0 Å². The summed E-state index contributed by atoms with van der Waals surface area (Å²) in [6.45, 7) is 16.1. The second-order valence-corrected chi connectivity index (χ2v) is 6.99. The maximum atomic E-state index is 11.8. The molecule has 0 spiro atoms. The van der Waals surface area contributed by atoms with Crippen molar-refractivity contribution in [1.29, 1.82) is 0 Å². The number of hydrogen-bond acceptors (Lipinski definition) is 6. The van der Waals surface area contributed by atoms with E-state index >= 15 is 0 Å². The Morgan fingerprint density at radius 1 is 0.643 bits per heavy atom. The molecular formula is C22H34O6. The molecule has 0 aromatic rings. The molecule has 0 saturated carbocycles. The molecule has 0 aliphatic rings. The maximum absolute atomic E-state index is 11.8. The number of rotatable bonds is 15. The van der Waals surface area contributed by atoms with Gasteiger partial charge in [0.25, 0.3) is 0 Å². The van der Waals surface area contributed by atoms with Crippen LogP contribution in [0.2, 0.25) is 0 Å². The molecule has 0 amide bonds. The monoisotopic (exact) mass is 394 g/mol. The van der Waals surface area contributed by atoms with Gasteiger partial charge in [-0.15, -0.1) is 0 Å². The summed E-state index contributed by atoms with van der Waals surface area (Å²) in [4.78, 5) is 34.4. The van der Waals surface area contributed by atoms with Crippen molar-refractivity contribution in [3.8, 4) is 0 Å². The number of hydrogen-bond donors (Lipinski definition) is 0. The van der Waals surface area contributed by atoms with Crippen molar-refractivity contribution >= 4 is 17.9 Å². The van der Waals surface area contributed by atoms with Gasteiger partial charge in [-0.1, -0.05) is 32.6 Å². The molecule has 158 valence electrons. The molecule has 0 aliphatic heterocycles. The van der Waals surface area contributed by atoms with Crippen LogP contribution < -0.4 is 0 Å². The zero-order valence-corrected chi connectivity index (χ0v) is 17.5. The SMILES string of the molecule is C=C(C)C(=O)OCCCCCCC(CCCOC(=O)C(=C)C)OC(=O)C(=C)C. The lowest BCUT2D eigenvalue weighted by Crippen LogP contribution is -2.19. The highest BCUT2D eigenvalue weighted by molar-refractivity contribution is 5.87. The Bertz CT molecular complexity index is 576. The Morgan fingerprint density at radius 2 is 1.07 bits per heavy atom. The van der Waals surface area contributed by atoms with Crippen LogP contribution in [-0.2, 0) is 28.6 Å². The Balaban J connectivity index is 4.14. The van der Waals surface area contributed by atoms with Gasteiger partial charge in [0.15, 0.2) is 0 Å². The molecule has 0 rings (SSSR count). The highest BCUT2D eigenvalue weighted by Crippen LogP contribution is 2.15. The molecule has 6 heteroatoms. The highest BCUT2D eigenvalue weighted by atomic mass is 16.5. The van der Waals surface area contributed by atoms with E-state index in [9.17, 15) is 14.4 Å². The fourth-order valence-corrected chi connectivity index (χ4v) is 2.23. The topological polar surface area (TPSA) is 78.9 Å². The molecular weight excluding hydrogens is 360 g/mol. The summed E-state index contributed by atoms with van der Waals surface area (Å²) in [6, 6.07) is 0. The highest BCUT2D eigenvalue weighted by Gasteiger charge is 2.15. The molecule has 0 N–H and O–H groups in total. The van der Waals surface area contributed by atoms with Crippen molar-refractivity contribution in [3.63, 3.8) is 0 Å². The van der Waals surface area contributed by atoms with E-state index in [-0.39, 0.29) is 18.7 Å². The predicted molar refractivity (Wildman–Crippen MR) is 109 cm³/mol. The van der Waals surface area contributed by atoms with Crippen LogP contribution in [0.5, 0.6) is 0 Å². The average Bonchev–Trinajstić information content (AvgIpc) is 2.62. The normalized spacial score (nSPS) is 11.2. The molecule has 0 bridgehead atoms. The molecule has 0 aliphatic carbocycles. The van der Waals surface area contributed by atoms with E-state index in [0.29, 0.717) is 36.2 Å². The standard InChI is InChI=1S/C22H34O6/c1-16(2)20(23)26-14-10-8-7-9-12-19(28-22(25)18(5)6)13-11-15-27-21(24)17(3)4/h19H,1,3,5,7-15H2,2,4,6H3. The van der Waals surface area contributed by atoms with Crippen LogP contribution in [0.1, 0.15) is 65.7 Å². The molecule has 0 saturated heterocycles. The van der Waals surface area contributed by atoms with Gasteiger partial charge in [0, 0.05) is 16.7 Å². The van der Waals surface area contributed by atoms with Gasteiger partial charge in [0.1, 0.15) is 6.10 Å². The fraction of sp³-hybridized carbons (Fsp3) is 0.591. The Kier molecular flexibility index (Phi) is 13.4. The summed E-state index contributed by atoms with van der Waals surface area (Å²) in [6.07, 6.45) is 5.22. The minimum Gasteiger partial charge on any atom is -0.462 e. The molecule has 0 heterocycles. The Hall–Kier alpha value is -2.37. The second kappa shape index (κ2) is 14.7. The molecule has 6 nitrogen and oxygen atoms in total. The van der Waals surface area contributed by atoms with E-state index in [1.54, 1.807) is 20.8 Å². The molecule has 1 atom stereocenters. The molecule has 28 heavy (non-hydrogen) atoms. The van der Waals surface area contributed by atoms with Gasteiger partial charge in [0.05, 0.1) is 13.2 Å².